The van der Waals surface area contributed by atoms with Crippen molar-refractivity contribution in [3.8, 4) is 5.75 Å². The summed E-state index contributed by atoms with van der Waals surface area (Å²) in [5.74, 6) is 1.25. The number of nitrogens with zero attached hydrogens (tertiary/aromatic N) is 2. The molecule has 2 aromatic rings. The molecule has 4 rings (SSSR count). The summed E-state index contributed by atoms with van der Waals surface area (Å²) >= 11 is 0. The molecule has 2 heterocycles. The quantitative estimate of drug-likeness (QED) is 0.760. The van der Waals surface area contributed by atoms with Crippen LogP contribution in [0.4, 0.5) is 10.1 Å². The third-order valence-corrected chi connectivity index (χ3v) is 6.82. The number of carbonyl (C=O) groups is 1. The molecule has 0 aliphatic carbocycles. The van der Waals surface area contributed by atoms with Crippen molar-refractivity contribution in [3.63, 3.8) is 0 Å². The summed E-state index contributed by atoms with van der Waals surface area (Å²) in [6, 6.07) is 14.7. The molecule has 2 aliphatic rings. The van der Waals surface area contributed by atoms with E-state index in [1.54, 1.807) is 19.2 Å². The molecule has 2 saturated heterocycles. The molecule has 1 N–H and O–H groups in total. The van der Waals surface area contributed by atoms with E-state index < -0.39 is 0 Å². The zero-order valence-electron chi connectivity index (χ0n) is 18.4. The lowest BCUT2D eigenvalue weighted by Gasteiger charge is -2.37. The van der Waals surface area contributed by atoms with Gasteiger partial charge in [-0.05, 0) is 87.3 Å². The van der Waals surface area contributed by atoms with Crippen LogP contribution in [0.2, 0.25) is 0 Å². The summed E-state index contributed by atoms with van der Waals surface area (Å²) in [4.78, 5) is 17.6. The van der Waals surface area contributed by atoms with Crippen molar-refractivity contribution in [1.29, 1.82) is 0 Å². The average molecular weight is 426 g/mol. The number of carbonyl (C=O) groups excluding carboxylic acids is 1. The first-order valence-electron chi connectivity index (χ1n) is 11.1. The van der Waals surface area contributed by atoms with Crippen LogP contribution in [0.1, 0.15) is 24.8 Å². The predicted molar refractivity (Wildman–Crippen MR) is 121 cm³/mol. The molecule has 5 nitrogen and oxygen atoms in total. The minimum atomic E-state index is -0.294. The number of anilines is 1. The lowest BCUT2D eigenvalue weighted by atomic mass is 9.86. The minimum absolute atomic E-state index is 0.0163. The maximum Gasteiger partial charge on any atom is 0.228 e. The number of amides is 1. The number of ether oxygens (including phenoxy) is 1. The van der Waals surface area contributed by atoms with Gasteiger partial charge in [0.15, 0.2) is 0 Å². The summed E-state index contributed by atoms with van der Waals surface area (Å²) in [5.41, 5.74) is 1.97. The monoisotopic (exact) mass is 425 g/mol. The first-order chi connectivity index (χ1) is 15.0. The van der Waals surface area contributed by atoms with Crippen molar-refractivity contribution >= 4 is 11.6 Å². The fraction of sp³-hybridized carbons (Fsp3) is 0.480. The van der Waals surface area contributed by atoms with Gasteiger partial charge >= 0.3 is 0 Å². The minimum Gasteiger partial charge on any atom is -0.497 e. The summed E-state index contributed by atoms with van der Waals surface area (Å²) in [7, 11) is 3.83. The molecule has 0 spiro atoms. The van der Waals surface area contributed by atoms with Gasteiger partial charge in [0, 0.05) is 24.8 Å². The third kappa shape index (κ3) is 5.43. The predicted octanol–water partition coefficient (Wildman–Crippen LogP) is 4.01. The van der Waals surface area contributed by atoms with Crippen LogP contribution >= 0.6 is 0 Å². The van der Waals surface area contributed by atoms with Crippen molar-refractivity contribution in [2.24, 2.45) is 11.8 Å². The van der Waals surface area contributed by atoms with Gasteiger partial charge in [-0.2, -0.15) is 0 Å². The largest absolute Gasteiger partial charge is 0.497 e. The molecular formula is C25H32FN3O2. The summed E-state index contributed by atoms with van der Waals surface area (Å²) in [6.45, 7) is 3.94. The number of halogens is 1. The van der Waals surface area contributed by atoms with Crippen LogP contribution in [0.3, 0.4) is 0 Å². The van der Waals surface area contributed by atoms with Gasteiger partial charge in [-0.3, -0.25) is 9.69 Å². The number of hydrogen-bond acceptors (Lipinski definition) is 4. The highest BCUT2D eigenvalue weighted by molar-refractivity contribution is 5.92. The van der Waals surface area contributed by atoms with E-state index in [-0.39, 0.29) is 17.6 Å². The second kappa shape index (κ2) is 9.79. The Balaban J connectivity index is 1.26. The first kappa shape index (κ1) is 21.8. The van der Waals surface area contributed by atoms with Gasteiger partial charge in [0.05, 0.1) is 13.0 Å². The Morgan fingerprint density at radius 1 is 1.10 bits per heavy atom. The molecule has 0 unspecified atom stereocenters. The number of rotatable bonds is 6. The van der Waals surface area contributed by atoms with E-state index in [1.807, 2.05) is 12.1 Å². The zero-order valence-corrected chi connectivity index (χ0v) is 18.4. The Kier molecular flexibility index (Phi) is 6.88. The van der Waals surface area contributed by atoms with Crippen molar-refractivity contribution in [2.45, 2.75) is 31.8 Å². The van der Waals surface area contributed by atoms with Gasteiger partial charge in [0.1, 0.15) is 11.6 Å². The van der Waals surface area contributed by atoms with Crippen LogP contribution in [0, 0.1) is 17.7 Å². The lowest BCUT2D eigenvalue weighted by molar-refractivity contribution is -0.119. The van der Waals surface area contributed by atoms with E-state index in [2.05, 4.69) is 34.3 Å². The van der Waals surface area contributed by atoms with E-state index in [9.17, 15) is 9.18 Å². The Bertz CT molecular complexity index is 863. The highest BCUT2D eigenvalue weighted by atomic mass is 19.1. The highest BCUT2D eigenvalue weighted by Gasteiger charge is 2.39. The molecule has 0 radical (unpaired) electrons. The summed E-state index contributed by atoms with van der Waals surface area (Å²) < 4.78 is 18.3. The Hall–Kier alpha value is -2.44. The molecule has 2 atom stereocenters. The highest BCUT2D eigenvalue weighted by Crippen LogP contribution is 2.33. The van der Waals surface area contributed by atoms with Crippen LogP contribution in [-0.4, -0.2) is 55.5 Å². The average Bonchev–Trinajstić information content (AvgIpc) is 3.18. The molecule has 2 aliphatic heterocycles. The fourth-order valence-electron chi connectivity index (χ4n) is 5.03. The van der Waals surface area contributed by atoms with Gasteiger partial charge in [0.2, 0.25) is 5.91 Å². The summed E-state index contributed by atoms with van der Waals surface area (Å²) in [6.07, 6.45) is 3.22. The van der Waals surface area contributed by atoms with Gasteiger partial charge in [-0.1, -0.05) is 12.1 Å². The Morgan fingerprint density at radius 3 is 2.42 bits per heavy atom. The smallest absolute Gasteiger partial charge is 0.228 e. The number of piperidine rings is 1. The van der Waals surface area contributed by atoms with Crippen molar-refractivity contribution in [3.05, 3.63) is 59.9 Å². The van der Waals surface area contributed by atoms with Crippen LogP contribution in [0.15, 0.2) is 48.5 Å². The number of hydrogen-bond donors (Lipinski definition) is 1. The van der Waals surface area contributed by atoms with Crippen LogP contribution in [-0.2, 0) is 11.3 Å². The van der Waals surface area contributed by atoms with Gasteiger partial charge in [0.25, 0.3) is 0 Å². The standard InChI is InChI=1S/C25H32FN3O2/c1-28-17-20(25(30)27-22-7-5-21(26)6-8-22)15-24(28)19-11-13-29(14-12-19)16-18-3-9-23(31-2)10-4-18/h3-10,19-20,24H,11-17H2,1-2H3,(H,27,30)/t20-,24+/m1/s1. The van der Waals surface area contributed by atoms with Crippen LogP contribution in [0.5, 0.6) is 5.75 Å². The third-order valence-electron chi connectivity index (χ3n) is 6.82. The topological polar surface area (TPSA) is 44.8 Å². The van der Waals surface area contributed by atoms with Crippen LogP contribution < -0.4 is 10.1 Å². The maximum absolute atomic E-state index is 13.1. The van der Waals surface area contributed by atoms with Crippen molar-refractivity contribution < 1.29 is 13.9 Å². The molecule has 0 saturated carbocycles. The normalized spacial score (nSPS) is 23.1. The fourth-order valence-corrected chi connectivity index (χ4v) is 5.03. The SMILES string of the molecule is COc1ccc(CN2CCC([C@@H]3C[C@@H](C(=O)Nc4ccc(F)cc4)CN3C)CC2)cc1. The molecule has 2 fully saturated rings. The Labute approximate surface area is 184 Å². The van der Waals surface area contributed by atoms with Crippen molar-refractivity contribution in [2.75, 3.05) is 39.1 Å². The number of nitrogens with one attached hydrogen (secondary N) is 1. The Morgan fingerprint density at radius 2 is 1.77 bits per heavy atom. The lowest BCUT2D eigenvalue weighted by Crippen LogP contribution is -2.41. The molecule has 0 bridgehead atoms. The molecule has 0 aromatic heterocycles. The van der Waals surface area contributed by atoms with Gasteiger partial charge in [-0.25, -0.2) is 4.39 Å². The van der Waals surface area contributed by atoms with E-state index in [4.69, 9.17) is 4.74 Å². The summed E-state index contributed by atoms with van der Waals surface area (Å²) in [5, 5.41) is 2.95. The van der Waals surface area contributed by atoms with E-state index in [0.29, 0.717) is 17.6 Å². The molecule has 166 valence electrons. The van der Waals surface area contributed by atoms with Crippen LogP contribution in [0.25, 0.3) is 0 Å². The molecule has 6 heteroatoms. The van der Waals surface area contributed by atoms with E-state index in [0.717, 1.165) is 51.2 Å². The molecule has 1 amide bonds. The molecular weight excluding hydrogens is 393 g/mol. The van der Waals surface area contributed by atoms with E-state index in [1.165, 1.54) is 17.7 Å². The first-order valence-corrected chi connectivity index (χ1v) is 11.1. The second-order valence-corrected chi connectivity index (χ2v) is 8.90. The number of benzene rings is 2. The number of likely N-dealkylation sites (tertiary alicyclic amines) is 2. The molecule has 31 heavy (non-hydrogen) atoms. The van der Waals surface area contributed by atoms with Gasteiger partial charge in [-0.15, -0.1) is 0 Å². The zero-order chi connectivity index (χ0) is 21.8. The van der Waals surface area contributed by atoms with E-state index >= 15 is 0 Å². The second-order valence-electron chi connectivity index (χ2n) is 8.90. The number of methoxy groups -OCH3 is 1. The van der Waals surface area contributed by atoms with Crippen molar-refractivity contribution in [1.82, 2.24) is 9.80 Å². The van der Waals surface area contributed by atoms with Gasteiger partial charge < -0.3 is 15.0 Å². The maximum atomic E-state index is 13.1. The molecule has 2 aromatic carbocycles.